The van der Waals surface area contributed by atoms with E-state index >= 15 is 0 Å². The van der Waals surface area contributed by atoms with Gasteiger partial charge in [-0.1, -0.05) is 53.5 Å². The number of likely N-dealkylation sites (tertiary alicyclic amines) is 1. The zero-order valence-electron chi connectivity index (χ0n) is 24.9. The number of carbonyl (C=O) groups excluding carboxylic acids is 2. The van der Waals surface area contributed by atoms with Crippen molar-refractivity contribution >= 4 is 50.7 Å². The van der Waals surface area contributed by atoms with E-state index < -0.39 is 27.1 Å². The molecule has 3 amide bonds. The average molecular weight is 674 g/mol. The number of rotatable bonds is 6. The monoisotopic (exact) mass is 672 g/mol. The molecule has 3 unspecified atom stereocenters. The Balaban J connectivity index is 1.41. The molecule has 0 radical (unpaired) electrons. The Morgan fingerprint density at radius 3 is 2.38 bits per heavy atom. The fourth-order valence-corrected chi connectivity index (χ4v) is 8.40. The molecule has 3 aliphatic rings. The molecule has 3 aromatic carbocycles. The fraction of sp³-hybridized carbons (Fsp3) is 0.394. The van der Waals surface area contributed by atoms with E-state index in [4.69, 9.17) is 23.2 Å². The molecule has 0 aliphatic carbocycles. The number of carbonyl (C=O) groups is 2. The molecule has 3 aliphatic heterocycles. The summed E-state index contributed by atoms with van der Waals surface area (Å²) in [6.07, 6.45) is 2.24. The number of sulfone groups is 1. The van der Waals surface area contributed by atoms with Gasteiger partial charge in [-0.3, -0.25) is 9.69 Å². The number of halogens is 3. The van der Waals surface area contributed by atoms with Crippen LogP contribution < -0.4 is 5.32 Å². The van der Waals surface area contributed by atoms with Gasteiger partial charge in [-0.25, -0.2) is 17.6 Å². The Hall–Kier alpha value is -3.18. The van der Waals surface area contributed by atoms with Crippen molar-refractivity contribution in [3.8, 4) is 0 Å². The predicted molar refractivity (Wildman–Crippen MR) is 174 cm³/mol. The summed E-state index contributed by atoms with van der Waals surface area (Å²) in [6.45, 7) is 3.08. The van der Waals surface area contributed by atoms with Crippen molar-refractivity contribution in [2.45, 2.75) is 30.2 Å². The summed E-state index contributed by atoms with van der Waals surface area (Å²) in [7, 11) is -3.04. The van der Waals surface area contributed by atoms with Crippen LogP contribution in [0.4, 0.5) is 14.9 Å². The predicted octanol–water partition coefficient (Wildman–Crippen LogP) is 5.73. The smallest absolute Gasteiger partial charge is 0.320 e. The lowest BCUT2D eigenvalue weighted by Gasteiger charge is -2.53. The molecule has 12 heteroatoms. The summed E-state index contributed by atoms with van der Waals surface area (Å²) in [4.78, 5) is 34.7. The molecule has 0 aromatic heterocycles. The summed E-state index contributed by atoms with van der Waals surface area (Å²) in [5.41, 5.74) is 1.34. The van der Waals surface area contributed by atoms with E-state index in [1.165, 1.54) is 18.4 Å². The molecule has 3 heterocycles. The first kappa shape index (κ1) is 31.8. The first-order chi connectivity index (χ1) is 21.5. The van der Waals surface area contributed by atoms with Crippen LogP contribution in [0.15, 0.2) is 66.7 Å². The topological polar surface area (TPSA) is 90.0 Å². The van der Waals surface area contributed by atoms with Crippen LogP contribution in [-0.4, -0.2) is 86.3 Å². The highest BCUT2D eigenvalue weighted by Crippen LogP contribution is 2.60. The number of urea groups is 1. The Morgan fingerprint density at radius 2 is 1.67 bits per heavy atom. The van der Waals surface area contributed by atoms with Crippen LogP contribution in [0.5, 0.6) is 0 Å². The van der Waals surface area contributed by atoms with Crippen LogP contribution in [0.2, 0.25) is 10.0 Å². The fourth-order valence-electron chi connectivity index (χ4n) is 7.38. The number of anilines is 1. The van der Waals surface area contributed by atoms with E-state index in [0.717, 1.165) is 5.56 Å². The van der Waals surface area contributed by atoms with E-state index in [9.17, 15) is 22.4 Å². The first-order valence-corrected chi connectivity index (χ1v) is 17.9. The molecule has 45 heavy (non-hydrogen) atoms. The third-order valence-corrected chi connectivity index (χ3v) is 10.8. The number of nitrogens with one attached hydrogen (secondary N) is 1. The number of piperidine rings is 1. The summed E-state index contributed by atoms with van der Waals surface area (Å²) in [5.74, 6) is -1.01. The highest BCUT2D eigenvalue weighted by atomic mass is 35.5. The van der Waals surface area contributed by atoms with Gasteiger partial charge in [0.25, 0.3) is 0 Å². The molecule has 238 valence electrons. The Morgan fingerprint density at radius 1 is 0.956 bits per heavy atom. The molecule has 2 saturated heterocycles. The van der Waals surface area contributed by atoms with Gasteiger partial charge in [-0.2, -0.15) is 0 Å². The van der Waals surface area contributed by atoms with Gasteiger partial charge in [-0.05, 0) is 72.5 Å². The van der Waals surface area contributed by atoms with Crippen molar-refractivity contribution in [2.75, 3.05) is 56.6 Å². The van der Waals surface area contributed by atoms with E-state index in [-0.39, 0.29) is 23.6 Å². The van der Waals surface area contributed by atoms with Gasteiger partial charge in [0.1, 0.15) is 21.1 Å². The van der Waals surface area contributed by atoms with E-state index in [2.05, 4.69) is 10.2 Å². The summed E-state index contributed by atoms with van der Waals surface area (Å²) in [6, 6.07) is 17.8. The van der Waals surface area contributed by atoms with E-state index in [0.29, 0.717) is 79.0 Å². The molecule has 0 saturated carbocycles. The van der Waals surface area contributed by atoms with Gasteiger partial charge in [-0.15, -0.1) is 0 Å². The van der Waals surface area contributed by atoms with Crippen LogP contribution in [0, 0.1) is 5.82 Å². The molecular formula is C33H35Cl2FN4O4S. The minimum Gasteiger partial charge on any atom is -0.325 e. The minimum absolute atomic E-state index is 0.125. The lowest BCUT2D eigenvalue weighted by molar-refractivity contribution is -0.126. The number of piperazine rings is 1. The van der Waals surface area contributed by atoms with Crippen LogP contribution in [0.1, 0.15) is 41.5 Å². The zero-order chi connectivity index (χ0) is 31.9. The van der Waals surface area contributed by atoms with Gasteiger partial charge in [0.2, 0.25) is 5.91 Å². The van der Waals surface area contributed by atoms with Crippen LogP contribution in [-0.2, 0) is 20.0 Å². The first-order valence-electron chi connectivity index (χ1n) is 15.1. The number of hydrogen-bond donors (Lipinski definition) is 1. The van der Waals surface area contributed by atoms with Crippen LogP contribution in [0.3, 0.4) is 0 Å². The van der Waals surface area contributed by atoms with E-state index in [1.54, 1.807) is 40.1 Å². The maximum Gasteiger partial charge on any atom is 0.320 e. The van der Waals surface area contributed by atoms with Crippen molar-refractivity contribution in [1.82, 2.24) is 14.7 Å². The van der Waals surface area contributed by atoms with Crippen molar-refractivity contribution in [3.05, 3.63) is 99.3 Å². The summed E-state index contributed by atoms with van der Waals surface area (Å²) < 4.78 is 38.1. The second-order valence-corrected chi connectivity index (χ2v) is 15.3. The number of fused-ring (bicyclic) bond motifs is 2. The molecule has 6 rings (SSSR count). The molecule has 2 fully saturated rings. The van der Waals surface area contributed by atoms with E-state index in [1.807, 2.05) is 24.3 Å². The van der Waals surface area contributed by atoms with Crippen molar-refractivity contribution in [1.29, 1.82) is 0 Å². The molecule has 0 bridgehead atoms. The Labute approximate surface area is 273 Å². The van der Waals surface area contributed by atoms with Crippen molar-refractivity contribution in [3.63, 3.8) is 0 Å². The summed E-state index contributed by atoms with van der Waals surface area (Å²) in [5, 5.41) is 4.05. The second kappa shape index (κ2) is 12.5. The van der Waals surface area contributed by atoms with Crippen LogP contribution >= 0.6 is 23.2 Å². The highest BCUT2D eigenvalue weighted by molar-refractivity contribution is 7.90. The normalized spacial score (nSPS) is 23.7. The third-order valence-electron chi connectivity index (χ3n) is 9.30. The maximum absolute atomic E-state index is 14.9. The largest absolute Gasteiger partial charge is 0.325 e. The Bertz CT molecular complexity index is 1730. The van der Waals surface area contributed by atoms with Gasteiger partial charge in [0.05, 0.1) is 11.8 Å². The molecule has 1 N–H and O–H groups in total. The number of amides is 3. The van der Waals surface area contributed by atoms with Gasteiger partial charge in [0.15, 0.2) is 0 Å². The van der Waals surface area contributed by atoms with Crippen molar-refractivity contribution < 1.29 is 22.4 Å². The SMILES string of the molecule is CS(=O)(=O)CCCN1CCN(C(=O)N2CCC(c3cccc(Cl)c3)C3(C(=O)Nc4cc(Cl)ccc43)C2c2cccc(F)c2)CC1. The summed E-state index contributed by atoms with van der Waals surface area (Å²) >= 11 is 12.8. The third kappa shape index (κ3) is 6.17. The Kier molecular flexibility index (Phi) is 8.86. The molecule has 8 nitrogen and oxygen atoms in total. The molecule has 1 spiro atoms. The highest BCUT2D eigenvalue weighted by Gasteiger charge is 2.62. The number of benzene rings is 3. The molecular weight excluding hydrogens is 638 g/mol. The minimum atomic E-state index is -3.04. The molecule has 3 aromatic rings. The lowest BCUT2D eigenvalue weighted by Crippen LogP contribution is -2.61. The maximum atomic E-state index is 14.9. The van der Waals surface area contributed by atoms with Crippen LogP contribution in [0.25, 0.3) is 0 Å². The zero-order valence-corrected chi connectivity index (χ0v) is 27.2. The molecule has 3 atom stereocenters. The number of hydrogen-bond acceptors (Lipinski definition) is 5. The van der Waals surface area contributed by atoms with Gasteiger partial charge >= 0.3 is 6.03 Å². The second-order valence-electron chi connectivity index (χ2n) is 12.2. The number of nitrogens with zero attached hydrogens (tertiary/aromatic N) is 3. The lowest BCUT2D eigenvalue weighted by atomic mass is 9.59. The quantitative estimate of drug-likeness (QED) is 0.362. The standard InChI is InChI=1S/C33H35Cl2FN4O4S/c1-45(43,44)18-4-12-38-14-16-39(17-15-38)32(42)40-13-11-27(22-5-2-7-24(34)19-22)33(30(40)23-6-3-8-26(36)20-23)28-10-9-25(35)21-29(28)37-31(33)41/h2-3,5-10,19-21,27,30H,4,11-18H2,1H3,(H,37,41). The average Bonchev–Trinajstić information content (AvgIpc) is 3.26. The van der Waals surface area contributed by atoms with Crippen molar-refractivity contribution in [2.24, 2.45) is 0 Å². The van der Waals surface area contributed by atoms with Gasteiger partial charge < -0.3 is 15.1 Å². The van der Waals surface area contributed by atoms with Gasteiger partial charge in [0, 0.05) is 60.6 Å².